The summed E-state index contributed by atoms with van der Waals surface area (Å²) in [6, 6.07) is 11.4. The summed E-state index contributed by atoms with van der Waals surface area (Å²) in [6.45, 7) is 0.843. The zero-order chi connectivity index (χ0) is 17.3. The van der Waals surface area contributed by atoms with Crippen LogP contribution in [0.15, 0.2) is 55.0 Å². The minimum Gasteiger partial charge on any atom is -0.382 e. The Morgan fingerprint density at radius 1 is 1.20 bits per heavy atom. The van der Waals surface area contributed by atoms with Gasteiger partial charge in [-0.25, -0.2) is 0 Å². The average Bonchev–Trinajstić information content (AvgIpc) is 3.35. The molecule has 1 unspecified atom stereocenters. The Kier molecular flexibility index (Phi) is 3.85. The first kappa shape index (κ1) is 15.6. The molecule has 1 fully saturated rings. The van der Waals surface area contributed by atoms with Gasteiger partial charge in [-0.05, 0) is 49.2 Å². The van der Waals surface area contributed by atoms with Crippen LogP contribution in [0.5, 0.6) is 0 Å². The fourth-order valence-corrected chi connectivity index (χ4v) is 3.31. The molecule has 0 spiro atoms. The number of nitrogens with one attached hydrogen (secondary N) is 1. The Labute approximate surface area is 144 Å². The van der Waals surface area contributed by atoms with E-state index in [0.29, 0.717) is 24.2 Å². The highest BCUT2D eigenvalue weighted by Crippen LogP contribution is 2.30. The van der Waals surface area contributed by atoms with Crippen LogP contribution in [0.25, 0.3) is 5.69 Å². The molecule has 7 nitrogen and oxygen atoms in total. The maximum Gasteiger partial charge on any atom is 0.253 e. The van der Waals surface area contributed by atoms with Crippen molar-refractivity contribution in [1.29, 1.82) is 0 Å². The van der Waals surface area contributed by atoms with Crippen LogP contribution in [0.3, 0.4) is 0 Å². The number of carbonyl (C=O) groups excluding carboxylic acids is 1. The Morgan fingerprint density at radius 2 is 1.96 bits per heavy atom. The van der Waals surface area contributed by atoms with Gasteiger partial charge in [0, 0.05) is 30.2 Å². The number of amides is 1. The molecule has 7 heteroatoms. The molecule has 1 atom stereocenters. The first-order valence-electron chi connectivity index (χ1n) is 8.27. The lowest BCUT2D eigenvalue weighted by Gasteiger charge is -2.38. The lowest BCUT2D eigenvalue weighted by Crippen LogP contribution is -2.48. The fraction of sp³-hybridized carbons (Fsp3) is 0.278. The van der Waals surface area contributed by atoms with E-state index in [9.17, 15) is 9.90 Å². The molecule has 3 aromatic rings. The largest absolute Gasteiger partial charge is 0.382 e. The molecular weight excluding hydrogens is 318 g/mol. The zero-order valence-corrected chi connectivity index (χ0v) is 13.7. The number of hydrogen-bond donors (Lipinski definition) is 2. The van der Waals surface area contributed by atoms with Gasteiger partial charge in [-0.2, -0.15) is 15.4 Å². The molecule has 1 aliphatic rings. The molecular formula is C18H19N5O2. The van der Waals surface area contributed by atoms with Gasteiger partial charge in [0.2, 0.25) is 0 Å². The van der Waals surface area contributed by atoms with Crippen molar-refractivity contribution in [3.8, 4) is 5.69 Å². The quantitative estimate of drug-likeness (QED) is 0.762. The second-order valence-electron chi connectivity index (χ2n) is 6.35. The summed E-state index contributed by atoms with van der Waals surface area (Å²) in [4.78, 5) is 14.5. The number of benzene rings is 1. The van der Waals surface area contributed by atoms with E-state index in [1.54, 1.807) is 4.90 Å². The molecule has 1 aliphatic heterocycles. The second-order valence-corrected chi connectivity index (χ2v) is 6.35. The standard InChI is InChI=1S/C18H19N5O2/c24-17(14-4-6-15(7-5-14)22-9-1-2-10-22)23-11-3-8-18(25,13-23)16-12-19-21-20-16/h1-2,4-7,9-10,12,25H,3,8,11,13H2,(H,19,20,21). The molecule has 3 heterocycles. The van der Waals surface area contributed by atoms with Gasteiger partial charge in [0.25, 0.3) is 5.91 Å². The number of rotatable bonds is 3. The third-order valence-corrected chi connectivity index (χ3v) is 4.67. The molecule has 2 aromatic heterocycles. The van der Waals surface area contributed by atoms with Crippen molar-refractivity contribution >= 4 is 5.91 Å². The van der Waals surface area contributed by atoms with Crippen molar-refractivity contribution in [2.45, 2.75) is 18.4 Å². The van der Waals surface area contributed by atoms with E-state index < -0.39 is 5.60 Å². The number of H-pyrrole nitrogens is 1. The van der Waals surface area contributed by atoms with Crippen LogP contribution in [-0.2, 0) is 5.60 Å². The van der Waals surface area contributed by atoms with Crippen LogP contribution >= 0.6 is 0 Å². The first-order valence-corrected chi connectivity index (χ1v) is 8.27. The maximum atomic E-state index is 12.8. The van der Waals surface area contributed by atoms with Gasteiger partial charge in [0.1, 0.15) is 11.3 Å². The molecule has 0 saturated carbocycles. The summed E-state index contributed by atoms with van der Waals surface area (Å²) in [6.07, 6.45) is 6.71. The third-order valence-electron chi connectivity index (χ3n) is 4.67. The lowest BCUT2D eigenvalue weighted by molar-refractivity contribution is -0.0320. The van der Waals surface area contributed by atoms with Crippen LogP contribution in [0.1, 0.15) is 28.9 Å². The van der Waals surface area contributed by atoms with E-state index in [4.69, 9.17) is 0 Å². The molecule has 4 rings (SSSR count). The molecule has 25 heavy (non-hydrogen) atoms. The van der Waals surface area contributed by atoms with Crippen molar-refractivity contribution in [2.75, 3.05) is 13.1 Å². The minimum absolute atomic E-state index is 0.0827. The highest BCUT2D eigenvalue weighted by molar-refractivity contribution is 5.94. The summed E-state index contributed by atoms with van der Waals surface area (Å²) in [5.41, 5.74) is 0.944. The second kappa shape index (κ2) is 6.18. The van der Waals surface area contributed by atoms with E-state index in [1.807, 2.05) is 53.4 Å². The zero-order valence-electron chi connectivity index (χ0n) is 13.7. The number of nitrogens with zero attached hydrogens (tertiary/aromatic N) is 4. The number of aliphatic hydroxyl groups is 1. The van der Waals surface area contributed by atoms with Crippen LogP contribution in [0.2, 0.25) is 0 Å². The fourth-order valence-electron chi connectivity index (χ4n) is 3.31. The summed E-state index contributed by atoms with van der Waals surface area (Å²) in [5, 5.41) is 21.1. The van der Waals surface area contributed by atoms with E-state index in [0.717, 1.165) is 12.1 Å². The minimum atomic E-state index is -1.15. The van der Waals surface area contributed by atoms with Gasteiger partial charge in [0.15, 0.2) is 0 Å². The number of aromatic nitrogens is 4. The van der Waals surface area contributed by atoms with Crippen LogP contribution in [0.4, 0.5) is 0 Å². The van der Waals surface area contributed by atoms with Crippen molar-refractivity contribution in [1.82, 2.24) is 24.9 Å². The summed E-state index contributed by atoms with van der Waals surface area (Å²) in [5.74, 6) is -0.0827. The number of likely N-dealkylation sites (tertiary alicyclic amines) is 1. The van der Waals surface area contributed by atoms with Crippen molar-refractivity contribution < 1.29 is 9.90 Å². The Balaban J connectivity index is 1.52. The predicted molar refractivity (Wildman–Crippen MR) is 91.2 cm³/mol. The van der Waals surface area contributed by atoms with Gasteiger partial charge >= 0.3 is 0 Å². The van der Waals surface area contributed by atoms with E-state index in [2.05, 4.69) is 15.4 Å². The number of β-amino-alcohol motifs (C(OH)–C–C–N with tert-alkyl or cyclic N) is 1. The van der Waals surface area contributed by atoms with Crippen molar-refractivity contribution in [3.05, 3.63) is 66.2 Å². The highest BCUT2D eigenvalue weighted by atomic mass is 16.3. The average molecular weight is 337 g/mol. The van der Waals surface area contributed by atoms with E-state index in [1.165, 1.54) is 6.20 Å². The number of piperidine rings is 1. The topological polar surface area (TPSA) is 87.0 Å². The third kappa shape index (κ3) is 2.94. The predicted octanol–water partition coefficient (Wildman–Crippen LogP) is 1.72. The summed E-state index contributed by atoms with van der Waals surface area (Å²) >= 11 is 0. The lowest BCUT2D eigenvalue weighted by atomic mass is 9.89. The first-order chi connectivity index (χ1) is 12.2. The molecule has 2 N–H and O–H groups in total. The number of aromatic amines is 1. The molecule has 0 aliphatic carbocycles. The number of carbonyl (C=O) groups is 1. The molecule has 128 valence electrons. The smallest absolute Gasteiger partial charge is 0.253 e. The van der Waals surface area contributed by atoms with Crippen molar-refractivity contribution in [2.24, 2.45) is 0 Å². The van der Waals surface area contributed by atoms with Gasteiger partial charge in [-0.3, -0.25) is 4.79 Å². The van der Waals surface area contributed by atoms with Gasteiger partial charge in [-0.15, -0.1) is 0 Å². The Hall–Kier alpha value is -2.93. The number of hydrogen-bond acceptors (Lipinski definition) is 4. The van der Waals surface area contributed by atoms with Crippen LogP contribution in [0, 0.1) is 0 Å². The van der Waals surface area contributed by atoms with E-state index in [-0.39, 0.29) is 12.5 Å². The molecule has 0 bridgehead atoms. The Bertz CT molecular complexity index is 842. The summed E-state index contributed by atoms with van der Waals surface area (Å²) in [7, 11) is 0. The van der Waals surface area contributed by atoms with Crippen LogP contribution < -0.4 is 0 Å². The summed E-state index contributed by atoms with van der Waals surface area (Å²) < 4.78 is 1.98. The van der Waals surface area contributed by atoms with Gasteiger partial charge in [0.05, 0.1) is 12.7 Å². The van der Waals surface area contributed by atoms with Gasteiger partial charge in [-0.1, -0.05) is 0 Å². The van der Waals surface area contributed by atoms with Crippen molar-refractivity contribution in [3.63, 3.8) is 0 Å². The maximum absolute atomic E-state index is 12.8. The SMILES string of the molecule is O=C(c1ccc(-n2cccc2)cc1)N1CCCC(O)(c2cn[nH]n2)C1. The monoisotopic (exact) mass is 337 g/mol. The highest BCUT2D eigenvalue weighted by Gasteiger charge is 2.38. The normalized spacial score (nSPS) is 20.6. The van der Waals surface area contributed by atoms with E-state index >= 15 is 0 Å². The Morgan fingerprint density at radius 3 is 2.64 bits per heavy atom. The molecule has 0 radical (unpaired) electrons. The molecule has 1 amide bonds. The van der Waals surface area contributed by atoms with Gasteiger partial charge < -0.3 is 14.6 Å². The van der Waals surface area contributed by atoms with Crippen LogP contribution in [-0.4, -0.2) is 49.0 Å². The molecule has 1 saturated heterocycles. The molecule has 1 aromatic carbocycles.